The van der Waals surface area contributed by atoms with Gasteiger partial charge in [0.15, 0.2) is 0 Å². The van der Waals surface area contributed by atoms with Gasteiger partial charge in [0.05, 0.1) is 16.1 Å². The lowest BCUT2D eigenvalue weighted by atomic mass is 10.2. The molecule has 1 aromatic rings. The number of hydrogen-bond acceptors (Lipinski definition) is 4. The topological polar surface area (TPSA) is 73.2 Å². The number of anilines is 1. The second-order valence-corrected chi connectivity index (χ2v) is 4.73. The number of amides is 1. The highest BCUT2D eigenvalue weighted by atomic mass is 79.9. The Balaban J connectivity index is 2.78. The molecule has 7 heteroatoms. The van der Waals surface area contributed by atoms with Crippen molar-refractivity contribution in [1.29, 1.82) is 0 Å². The van der Waals surface area contributed by atoms with Gasteiger partial charge in [-0.1, -0.05) is 0 Å². The molecule has 1 heterocycles. The van der Waals surface area contributed by atoms with Crippen LogP contribution in [0.15, 0.2) is 17.1 Å². The molecule has 16 heavy (non-hydrogen) atoms. The van der Waals surface area contributed by atoms with Crippen LogP contribution in [0, 0.1) is 0 Å². The standard InChI is InChI=1S/C9H12BrN3O3/c1-9(2,3)16-8(15)12-6-4-5-11-7(14)13(6)10/h4-5H,1-3H3,(H,12,15). The summed E-state index contributed by atoms with van der Waals surface area (Å²) in [5.41, 5.74) is -1.11. The van der Waals surface area contributed by atoms with Crippen LogP contribution in [-0.2, 0) is 4.74 Å². The molecule has 1 N–H and O–H groups in total. The molecule has 0 bridgehead atoms. The lowest BCUT2D eigenvalue weighted by Gasteiger charge is -2.19. The van der Waals surface area contributed by atoms with Gasteiger partial charge >= 0.3 is 11.8 Å². The van der Waals surface area contributed by atoms with Gasteiger partial charge in [0.25, 0.3) is 0 Å². The summed E-state index contributed by atoms with van der Waals surface area (Å²) in [6.45, 7) is 5.25. The molecule has 1 aromatic heterocycles. The zero-order valence-corrected chi connectivity index (χ0v) is 10.7. The Labute approximate surface area is 101 Å². The highest BCUT2D eigenvalue weighted by Crippen LogP contribution is 2.11. The van der Waals surface area contributed by atoms with Crippen LogP contribution in [0.5, 0.6) is 0 Å². The Morgan fingerprint density at radius 3 is 2.75 bits per heavy atom. The molecule has 0 fully saturated rings. The van der Waals surface area contributed by atoms with Crippen molar-refractivity contribution < 1.29 is 9.53 Å². The fourth-order valence-corrected chi connectivity index (χ4v) is 1.19. The molecular formula is C9H12BrN3O3. The van der Waals surface area contributed by atoms with Crippen molar-refractivity contribution in [3.8, 4) is 0 Å². The number of nitrogens with zero attached hydrogens (tertiary/aromatic N) is 2. The maximum absolute atomic E-state index is 11.4. The van der Waals surface area contributed by atoms with Gasteiger partial charge in [-0.2, -0.15) is 0 Å². The van der Waals surface area contributed by atoms with Crippen molar-refractivity contribution in [2.75, 3.05) is 5.32 Å². The van der Waals surface area contributed by atoms with E-state index in [4.69, 9.17) is 4.74 Å². The molecule has 88 valence electrons. The second-order valence-electron chi connectivity index (χ2n) is 4.02. The Kier molecular flexibility index (Phi) is 3.69. The fourth-order valence-electron chi connectivity index (χ4n) is 0.890. The van der Waals surface area contributed by atoms with E-state index in [1.807, 2.05) is 0 Å². The van der Waals surface area contributed by atoms with E-state index in [0.29, 0.717) is 0 Å². The largest absolute Gasteiger partial charge is 0.444 e. The molecule has 0 aliphatic carbocycles. The highest BCUT2D eigenvalue weighted by molar-refractivity contribution is 9.08. The van der Waals surface area contributed by atoms with Crippen molar-refractivity contribution >= 4 is 28.1 Å². The number of nitrogens with one attached hydrogen (secondary N) is 1. The number of aromatic nitrogens is 2. The monoisotopic (exact) mass is 289 g/mol. The van der Waals surface area contributed by atoms with E-state index < -0.39 is 17.4 Å². The fraction of sp³-hybridized carbons (Fsp3) is 0.444. The number of ether oxygens (including phenoxy) is 1. The summed E-state index contributed by atoms with van der Waals surface area (Å²) >= 11 is 2.96. The Morgan fingerprint density at radius 2 is 2.19 bits per heavy atom. The Hall–Kier alpha value is -1.37. The normalized spacial score (nSPS) is 11.0. The van der Waals surface area contributed by atoms with Gasteiger partial charge in [0.1, 0.15) is 11.4 Å². The van der Waals surface area contributed by atoms with Crippen LogP contribution in [0.4, 0.5) is 10.6 Å². The first-order valence-corrected chi connectivity index (χ1v) is 5.25. The highest BCUT2D eigenvalue weighted by Gasteiger charge is 2.17. The molecule has 1 amide bonds. The third-order valence-electron chi connectivity index (χ3n) is 1.43. The van der Waals surface area contributed by atoms with Gasteiger partial charge in [-0.25, -0.2) is 18.2 Å². The summed E-state index contributed by atoms with van der Waals surface area (Å²) in [4.78, 5) is 26.0. The van der Waals surface area contributed by atoms with Crippen LogP contribution in [0.1, 0.15) is 20.8 Å². The van der Waals surface area contributed by atoms with Crippen LogP contribution >= 0.6 is 16.1 Å². The SMILES string of the molecule is CC(C)(C)OC(=O)Nc1ccnc(=O)n1Br. The predicted molar refractivity (Wildman–Crippen MR) is 62.7 cm³/mol. The van der Waals surface area contributed by atoms with Crippen LogP contribution < -0.4 is 11.0 Å². The second kappa shape index (κ2) is 4.65. The Morgan fingerprint density at radius 1 is 1.56 bits per heavy atom. The molecular weight excluding hydrogens is 278 g/mol. The average Bonchev–Trinajstić information content (AvgIpc) is 2.09. The van der Waals surface area contributed by atoms with Gasteiger partial charge in [0.2, 0.25) is 0 Å². The van der Waals surface area contributed by atoms with Gasteiger partial charge in [-0.05, 0) is 26.8 Å². The summed E-state index contributed by atoms with van der Waals surface area (Å²) in [5, 5.41) is 2.42. The van der Waals surface area contributed by atoms with Gasteiger partial charge in [-0.3, -0.25) is 5.32 Å². The molecule has 6 nitrogen and oxygen atoms in total. The van der Waals surface area contributed by atoms with E-state index in [1.165, 1.54) is 12.3 Å². The summed E-state index contributed by atoms with van der Waals surface area (Å²) in [6, 6.07) is 1.47. The van der Waals surface area contributed by atoms with Crippen molar-refractivity contribution in [3.63, 3.8) is 0 Å². The van der Waals surface area contributed by atoms with Gasteiger partial charge in [-0.15, -0.1) is 0 Å². The maximum atomic E-state index is 11.4. The zero-order chi connectivity index (χ0) is 12.3. The number of hydrogen-bond donors (Lipinski definition) is 1. The first-order valence-electron chi connectivity index (χ1n) is 4.54. The maximum Gasteiger partial charge on any atom is 0.413 e. The number of carbonyl (C=O) groups is 1. The van der Waals surface area contributed by atoms with Crippen molar-refractivity contribution in [2.45, 2.75) is 26.4 Å². The summed E-state index contributed by atoms with van der Waals surface area (Å²) in [5.74, 6) is 0.259. The lowest BCUT2D eigenvalue weighted by Crippen LogP contribution is -2.29. The predicted octanol–water partition coefficient (Wildman–Crippen LogP) is 1.75. The van der Waals surface area contributed by atoms with Gasteiger partial charge < -0.3 is 4.74 Å². The first kappa shape index (κ1) is 12.7. The molecule has 0 aliphatic heterocycles. The Bertz CT molecular complexity index is 450. The molecule has 0 aromatic carbocycles. The third-order valence-corrected chi connectivity index (χ3v) is 2.11. The smallest absolute Gasteiger partial charge is 0.413 e. The van der Waals surface area contributed by atoms with E-state index in [2.05, 4.69) is 26.4 Å². The van der Waals surface area contributed by atoms with Crippen LogP contribution in [0.3, 0.4) is 0 Å². The van der Waals surface area contributed by atoms with Gasteiger partial charge in [0, 0.05) is 6.20 Å². The molecule has 0 atom stereocenters. The number of carbonyl (C=O) groups excluding carboxylic acids is 1. The minimum atomic E-state index is -0.633. The molecule has 0 unspecified atom stereocenters. The zero-order valence-electron chi connectivity index (χ0n) is 9.15. The molecule has 0 saturated carbocycles. The lowest BCUT2D eigenvalue weighted by molar-refractivity contribution is 0.0635. The first-order chi connectivity index (χ1) is 7.29. The third kappa shape index (κ3) is 3.65. The molecule has 1 rings (SSSR count). The van der Waals surface area contributed by atoms with Crippen molar-refractivity contribution in [1.82, 2.24) is 8.58 Å². The minimum absolute atomic E-state index is 0.259. The van der Waals surface area contributed by atoms with E-state index in [1.54, 1.807) is 20.8 Å². The minimum Gasteiger partial charge on any atom is -0.444 e. The molecule has 0 saturated heterocycles. The van der Waals surface area contributed by atoms with Crippen molar-refractivity contribution in [3.05, 3.63) is 22.7 Å². The quantitative estimate of drug-likeness (QED) is 0.855. The molecule has 0 spiro atoms. The van der Waals surface area contributed by atoms with E-state index in [-0.39, 0.29) is 5.82 Å². The number of rotatable bonds is 1. The average molecular weight is 290 g/mol. The van der Waals surface area contributed by atoms with Crippen LogP contribution in [0.2, 0.25) is 0 Å². The van der Waals surface area contributed by atoms with E-state index in [0.717, 1.165) is 3.59 Å². The van der Waals surface area contributed by atoms with Crippen LogP contribution in [-0.4, -0.2) is 20.3 Å². The number of halogens is 1. The summed E-state index contributed by atoms with van der Waals surface area (Å²) in [6.07, 6.45) is 0.665. The molecule has 0 radical (unpaired) electrons. The summed E-state index contributed by atoms with van der Waals surface area (Å²) < 4.78 is 6.07. The van der Waals surface area contributed by atoms with Crippen LogP contribution in [0.25, 0.3) is 0 Å². The van der Waals surface area contributed by atoms with Crippen molar-refractivity contribution in [2.24, 2.45) is 0 Å². The molecule has 0 aliphatic rings. The summed E-state index contributed by atoms with van der Waals surface area (Å²) in [7, 11) is 0. The van der Waals surface area contributed by atoms with E-state index >= 15 is 0 Å². The van der Waals surface area contributed by atoms with E-state index in [9.17, 15) is 9.59 Å².